The van der Waals surface area contributed by atoms with Crippen molar-refractivity contribution in [1.82, 2.24) is 10.2 Å². The van der Waals surface area contributed by atoms with Crippen LogP contribution in [0, 0.1) is 0 Å². The Morgan fingerprint density at radius 3 is 2.71 bits per heavy atom. The number of hydrogen-bond acceptors (Lipinski definition) is 4. The molecule has 1 aliphatic rings. The smallest absolute Gasteiger partial charge is 0.328 e. The predicted molar refractivity (Wildman–Crippen MR) is 72.7 cm³/mol. The Labute approximate surface area is 121 Å². The summed E-state index contributed by atoms with van der Waals surface area (Å²) in [4.78, 5) is 35.5. The zero-order chi connectivity index (χ0) is 15.2. The fourth-order valence-corrected chi connectivity index (χ4v) is 2.04. The summed E-state index contributed by atoms with van der Waals surface area (Å²) in [6.45, 7) is -0.173. The first-order valence-electron chi connectivity index (χ1n) is 6.55. The Hall–Kier alpha value is -2.57. The Morgan fingerprint density at radius 2 is 2.05 bits per heavy atom. The van der Waals surface area contributed by atoms with Crippen LogP contribution in [0.1, 0.15) is 6.42 Å². The van der Waals surface area contributed by atoms with Gasteiger partial charge in [-0.05, 0) is 12.1 Å². The molecule has 1 aromatic carbocycles. The highest BCUT2D eigenvalue weighted by molar-refractivity contribution is 5.91. The molecule has 2 N–H and O–H groups in total. The molecule has 1 atom stereocenters. The molecule has 1 fully saturated rings. The zero-order valence-electron chi connectivity index (χ0n) is 11.3. The molecule has 112 valence electrons. The zero-order valence-corrected chi connectivity index (χ0v) is 11.3. The second-order valence-corrected chi connectivity index (χ2v) is 4.59. The summed E-state index contributed by atoms with van der Waals surface area (Å²) in [7, 11) is 0. The van der Waals surface area contributed by atoms with E-state index in [9.17, 15) is 14.4 Å². The molecule has 0 aliphatic carbocycles. The number of carbonyl (C=O) groups excluding carboxylic acids is 2. The average Bonchev–Trinajstić information content (AvgIpc) is 2.47. The summed E-state index contributed by atoms with van der Waals surface area (Å²) >= 11 is 0. The number of nitrogens with one attached hydrogen (secondary N) is 1. The Bertz CT molecular complexity index is 531. The van der Waals surface area contributed by atoms with Crippen molar-refractivity contribution in [2.24, 2.45) is 0 Å². The third kappa shape index (κ3) is 3.95. The number of carboxylic acids is 1. The molecule has 1 unspecified atom stereocenters. The van der Waals surface area contributed by atoms with Crippen LogP contribution in [0.5, 0.6) is 5.75 Å². The number of rotatable bonds is 5. The minimum atomic E-state index is -1.13. The van der Waals surface area contributed by atoms with Crippen LogP contribution >= 0.6 is 0 Å². The molecule has 0 aromatic heterocycles. The first-order chi connectivity index (χ1) is 10.1. The molecule has 2 amide bonds. The number of para-hydroxylation sites is 1. The van der Waals surface area contributed by atoms with Gasteiger partial charge in [0.05, 0.1) is 13.0 Å². The van der Waals surface area contributed by atoms with Gasteiger partial charge in [0.15, 0.2) is 0 Å². The topological polar surface area (TPSA) is 95.9 Å². The van der Waals surface area contributed by atoms with Gasteiger partial charge in [0.1, 0.15) is 18.3 Å². The summed E-state index contributed by atoms with van der Waals surface area (Å²) in [5.41, 5.74) is 0. The Balaban J connectivity index is 1.88. The highest BCUT2D eigenvalue weighted by Crippen LogP contribution is 2.10. The van der Waals surface area contributed by atoms with Gasteiger partial charge in [-0.25, -0.2) is 4.79 Å². The van der Waals surface area contributed by atoms with Crippen LogP contribution < -0.4 is 10.1 Å². The van der Waals surface area contributed by atoms with Gasteiger partial charge >= 0.3 is 5.97 Å². The van der Waals surface area contributed by atoms with Gasteiger partial charge in [0.25, 0.3) is 0 Å². The number of hydrogen-bond donors (Lipinski definition) is 2. The Morgan fingerprint density at radius 1 is 1.33 bits per heavy atom. The number of aliphatic carboxylic acids is 1. The molecule has 2 rings (SSSR count). The van der Waals surface area contributed by atoms with Gasteiger partial charge in [-0.1, -0.05) is 18.2 Å². The van der Waals surface area contributed by atoms with Crippen molar-refractivity contribution in [2.45, 2.75) is 12.5 Å². The second-order valence-electron chi connectivity index (χ2n) is 4.59. The number of piperazine rings is 1. The molecule has 1 aliphatic heterocycles. The summed E-state index contributed by atoms with van der Waals surface area (Å²) in [6, 6.07) is 7.98. The molecular weight excluding hydrogens is 276 g/mol. The van der Waals surface area contributed by atoms with E-state index in [1.165, 1.54) is 0 Å². The van der Waals surface area contributed by atoms with Crippen LogP contribution in [-0.4, -0.2) is 53.5 Å². The largest absolute Gasteiger partial charge is 0.493 e. The molecule has 0 spiro atoms. The normalized spacial score (nSPS) is 18.0. The third-order valence-electron chi connectivity index (χ3n) is 3.12. The fourth-order valence-electron chi connectivity index (χ4n) is 2.04. The van der Waals surface area contributed by atoms with Crippen LogP contribution in [-0.2, 0) is 14.4 Å². The number of ether oxygens (including phenoxy) is 1. The molecule has 0 radical (unpaired) electrons. The van der Waals surface area contributed by atoms with Gasteiger partial charge in [-0.15, -0.1) is 0 Å². The van der Waals surface area contributed by atoms with E-state index in [-0.39, 0.29) is 32.0 Å². The van der Waals surface area contributed by atoms with Crippen molar-refractivity contribution < 1.29 is 24.2 Å². The minimum Gasteiger partial charge on any atom is -0.493 e. The van der Waals surface area contributed by atoms with Crippen LogP contribution in [0.3, 0.4) is 0 Å². The number of carbonyl (C=O) groups is 3. The second kappa shape index (κ2) is 6.74. The van der Waals surface area contributed by atoms with Gasteiger partial charge in [0, 0.05) is 6.54 Å². The lowest BCUT2D eigenvalue weighted by atomic mass is 10.1. The maximum absolute atomic E-state index is 12.1. The molecule has 1 saturated heterocycles. The molecule has 0 bridgehead atoms. The molecule has 7 heteroatoms. The summed E-state index contributed by atoms with van der Waals surface area (Å²) in [6.07, 6.45) is 0.0198. The number of benzene rings is 1. The van der Waals surface area contributed by atoms with E-state index < -0.39 is 17.9 Å². The monoisotopic (exact) mass is 292 g/mol. The van der Waals surface area contributed by atoms with Crippen molar-refractivity contribution in [3.63, 3.8) is 0 Å². The highest BCUT2D eigenvalue weighted by atomic mass is 16.5. The van der Waals surface area contributed by atoms with Crippen LogP contribution in [0.25, 0.3) is 0 Å². The standard InChI is InChI=1S/C14H16N2O5/c17-12-9-16(11(8-15-12)14(19)20)13(18)6-7-21-10-4-2-1-3-5-10/h1-5,11H,6-9H2,(H,15,17)(H,19,20). The van der Waals surface area contributed by atoms with Crippen molar-refractivity contribution in [3.05, 3.63) is 30.3 Å². The SMILES string of the molecule is O=C1CN(C(=O)CCOc2ccccc2)C(C(=O)O)CN1. The molecule has 1 aromatic rings. The van der Waals surface area contributed by atoms with Crippen molar-refractivity contribution in [3.8, 4) is 5.75 Å². The van der Waals surface area contributed by atoms with E-state index in [2.05, 4.69) is 5.32 Å². The summed E-state index contributed by atoms with van der Waals surface area (Å²) in [5, 5.41) is 11.5. The quantitative estimate of drug-likeness (QED) is 0.788. The molecule has 0 saturated carbocycles. The molecule has 1 heterocycles. The lowest BCUT2D eigenvalue weighted by Gasteiger charge is -2.32. The predicted octanol–water partition coefficient (Wildman–Crippen LogP) is -0.133. The van der Waals surface area contributed by atoms with Crippen molar-refractivity contribution in [1.29, 1.82) is 0 Å². The van der Waals surface area contributed by atoms with Crippen molar-refractivity contribution >= 4 is 17.8 Å². The Kier molecular flexibility index (Phi) is 4.76. The van der Waals surface area contributed by atoms with Crippen LogP contribution in [0.2, 0.25) is 0 Å². The van der Waals surface area contributed by atoms with E-state index >= 15 is 0 Å². The first kappa shape index (κ1) is 14.8. The first-order valence-corrected chi connectivity index (χ1v) is 6.55. The van der Waals surface area contributed by atoms with Gasteiger partial charge in [-0.2, -0.15) is 0 Å². The lowest BCUT2D eigenvalue weighted by molar-refractivity contribution is -0.154. The van der Waals surface area contributed by atoms with E-state index in [1.807, 2.05) is 18.2 Å². The highest BCUT2D eigenvalue weighted by Gasteiger charge is 2.34. The molecular formula is C14H16N2O5. The fraction of sp³-hybridized carbons (Fsp3) is 0.357. The van der Waals surface area contributed by atoms with E-state index in [0.717, 1.165) is 4.90 Å². The van der Waals surface area contributed by atoms with Gasteiger partial charge < -0.3 is 20.1 Å². The van der Waals surface area contributed by atoms with E-state index in [4.69, 9.17) is 9.84 Å². The minimum absolute atomic E-state index is 0.0198. The van der Waals surface area contributed by atoms with Gasteiger partial charge in [-0.3, -0.25) is 9.59 Å². The molecule has 7 nitrogen and oxygen atoms in total. The molecule has 21 heavy (non-hydrogen) atoms. The van der Waals surface area contributed by atoms with E-state index in [1.54, 1.807) is 12.1 Å². The van der Waals surface area contributed by atoms with Crippen LogP contribution in [0.15, 0.2) is 30.3 Å². The maximum atomic E-state index is 12.1. The lowest BCUT2D eigenvalue weighted by Crippen LogP contribution is -2.59. The number of carboxylic acid groups (broad SMARTS) is 1. The third-order valence-corrected chi connectivity index (χ3v) is 3.12. The van der Waals surface area contributed by atoms with Crippen LogP contribution in [0.4, 0.5) is 0 Å². The number of nitrogens with zero attached hydrogens (tertiary/aromatic N) is 1. The summed E-state index contributed by atoms with van der Waals surface area (Å²) in [5.74, 6) is -1.26. The number of amides is 2. The van der Waals surface area contributed by atoms with Crippen molar-refractivity contribution in [2.75, 3.05) is 19.7 Å². The maximum Gasteiger partial charge on any atom is 0.328 e. The van der Waals surface area contributed by atoms with Gasteiger partial charge in [0.2, 0.25) is 11.8 Å². The summed E-state index contributed by atoms with van der Waals surface area (Å²) < 4.78 is 5.39. The van der Waals surface area contributed by atoms with E-state index in [0.29, 0.717) is 5.75 Å². The average molecular weight is 292 g/mol.